The van der Waals surface area contributed by atoms with Gasteiger partial charge in [0.2, 0.25) is 0 Å². The van der Waals surface area contributed by atoms with Crippen LogP contribution in [0.15, 0.2) is 16.6 Å². The average molecular weight is 248 g/mol. The van der Waals surface area contributed by atoms with E-state index in [1.807, 2.05) is 0 Å². The number of hydrogen-bond donors (Lipinski definition) is 3. The summed E-state index contributed by atoms with van der Waals surface area (Å²) < 4.78 is 13.0. The lowest BCUT2D eigenvalue weighted by Gasteiger charge is -2.06. The number of carbonyl (C=O) groups is 1. The van der Waals surface area contributed by atoms with Crippen LogP contribution in [0.4, 0.5) is 20.6 Å². The van der Waals surface area contributed by atoms with Gasteiger partial charge in [-0.15, -0.1) is 0 Å². The maximum atomic E-state index is 12.8. The molecule has 4 nitrogen and oxygen atoms in total. The van der Waals surface area contributed by atoms with Crippen molar-refractivity contribution in [1.82, 2.24) is 0 Å². The van der Waals surface area contributed by atoms with E-state index < -0.39 is 11.8 Å². The highest BCUT2D eigenvalue weighted by atomic mass is 79.9. The Labute approximate surface area is 82.2 Å². The molecule has 0 saturated carbocycles. The highest BCUT2D eigenvalue weighted by Crippen LogP contribution is 2.26. The molecule has 0 radical (unpaired) electrons. The van der Waals surface area contributed by atoms with E-state index in [1.165, 1.54) is 6.07 Å². The summed E-state index contributed by atoms with van der Waals surface area (Å²) in [4.78, 5) is 10.5. The number of benzene rings is 1. The molecule has 0 aliphatic carbocycles. The van der Waals surface area contributed by atoms with E-state index in [4.69, 9.17) is 11.5 Å². The predicted molar refractivity (Wildman–Crippen MR) is 51.7 cm³/mol. The molecule has 0 unspecified atom stereocenters. The van der Waals surface area contributed by atoms with E-state index in [-0.39, 0.29) is 15.8 Å². The molecule has 1 rings (SSSR count). The number of anilines is 2. The van der Waals surface area contributed by atoms with Gasteiger partial charge in [0.1, 0.15) is 5.82 Å². The summed E-state index contributed by atoms with van der Waals surface area (Å²) in [5, 5.41) is 2.26. The summed E-state index contributed by atoms with van der Waals surface area (Å²) in [7, 11) is 0. The molecule has 0 heterocycles. The summed E-state index contributed by atoms with van der Waals surface area (Å²) in [6.45, 7) is 0. The Hall–Kier alpha value is -1.30. The van der Waals surface area contributed by atoms with Gasteiger partial charge >= 0.3 is 6.03 Å². The highest BCUT2D eigenvalue weighted by molar-refractivity contribution is 9.10. The first-order valence-electron chi connectivity index (χ1n) is 3.31. The number of nitrogen functional groups attached to an aromatic ring is 1. The van der Waals surface area contributed by atoms with Crippen LogP contribution in [-0.2, 0) is 0 Å². The van der Waals surface area contributed by atoms with Crippen molar-refractivity contribution in [2.24, 2.45) is 5.73 Å². The molecule has 0 fully saturated rings. The van der Waals surface area contributed by atoms with Gasteiger partial charge < -0.3 is 16.8 Å². The molecule has 2 amide bonds. The van der Waals surface area contributed by atoms with E-state index in [1.54, 1.807) is 0 Å². The van der Waals surface area contributed by atoms with Gasteiger partial charge in [-0.1, -0.05) is 0 Å². The van der Waals surface area contributed by atoms with Gasteiger partial charge in [0.15, 0.2) is 0 Å². The zero-order valence-electron chi connectivity index (χ0n) is 6.47. The third kappa shape index (κ3) is 2.32. The normalized spacial score (nSPS) is 9.69. The van der Waals surface area contributed by atoms with Crippen LogP contribution in [0, 0.1) is 5.82 Å². The first-order chi connectivity index (χ1) is 6.00. The lowest BCUT2D eigenvalue weighted by atomic mass is 10.2. The molecule has 0 atom stereocenters. The molecule has 0 aliphatic heterocycles. The molecule has 70 valence electrons. The SMILES string of the molecule is NC(=O)Nc1cc(Br)c(F)cc1N. The standard InChI is InChI=1S/C7H7BrFN3O/c8-3-1-6(12-7(11)13)5(10)2-4(3)9/h1-2H,10H2,(H3,11,12,13). The summed E-state index contributed by atoms with van der Waals surface area (Å²) in [5.74, 6) is -0.493. The van der Waals surface area contributed by atoms with Gasteiger partial charge in [0, 0.05) is 6.07 Å². The number of halogens is 2. The van der Waals surface area contributed by atoms with Crippen molar-refractivity contribution in [1.29, 1.82) is 0 Å². The molecule has 0 aromatic heterocycles. The summed E-state index contributed by atoms with van der Waals surface area (Å²) in [5.41, 5.74) is 10.7. The van der Waals surface area contributed by atoms with Crippen LogP contribution >= 0.6 is 15.9 Å². The van der Waals surface area contributed by atoms with Gasteiger partial charge in [-0.2, -0.15) is 0 Å². The number of nitrogens with two attached hydrogens (primary N) is 2. The Balaban J connectivity index is 3.08. The molecule has 6 heteroatoms. The number of primary amides is 1. The Morgan fingerprint density at radius 3 is 2.69 bits per heavy atom. The Bertz CT molecular complexity index is 356. The lowest BCUT2D eigenvalue weighted by molar-refractivity contribution is 0.259. The van der Waals surface area contributed by atoms with Crippen LogP contribution in [0.1, 0.15) is 0 Å². The smallest absolute Gasteiger partial charge is 0.316 e. The molecule has 1 aromatic rings. The second kappa shape index (κ2) is 3.61. The van der Waals surface area contributed by atoms with Gasteiger partial charge in [-0.25, -0.2) is 9.18 Å². The van der Waals surface area contributed by atoms with E-state index in [9.17, 15) is 9.18 Å². The molecular weight excluding hydrogens is 241 g/mol. The highest BCUT2D eigenvalue weighted by Gasteiger charge is 2.06. The van der Waals surface area contributed by atoms with Crippen molar-refractivity contribution in [3.63, 3.8) is 0 Å². The van der Waals surface area contributed by atoms with Crippen LogP contribution in [-0.4, -0.2) is 6.03 Å². The van der Waals surface area contributed by atoms with E-state index in [2.05, 4.69) is 21.2 Å². The molecule has 13 heavy (non-hydrogen) atoms. The fourth-order valence-corrected chi connectivity index (χ4v) is 1.15. The van der Waals surface area contributed by atoms with Crippen molar-refractivity contribution in [2.75, 3.05) is 11.1 Å². The fraction of sp³-hybridized carbons (Fsp3) is 0. The average Bonchev–Trinajstić information content (AvgIpc) is 1.99. The quantitative estimate of drug-likeness (QED) is 0.660. The van der Waals surface area contributed by atoms with Gasteiger partial charge in [-0.3, -0.25) is 0 Å². The van der Waals surface area contributed by atoms with E-state index in [0.717, 1.165) is 6.07 Å². The van der Waals surface area contributed by atoms with Crippen molar-refractivity contribution in [3.8, 4) is 0 Å². The third-order valence-corrected chi connectivity index (χ3v) is 1.96. The monoisotopic (exact) mass is 247 g/mol. The molecule has 1 aromatic carbocycles. The first kappa shape index (κ1) is 9.79. The van der Waals surface area contributed by atoms with Crippen molar-refractivity contribution in [2.45, 2.75) is 0 Å². The largest absolute Gasteiger partial charge is 0.397 e. The molecule has 0 saturated heterocycles. The molecule has 0 aliphatic rings. The fourth-order valence-electron chi connectivity index (χ4n) is 0.803. The number of urea groups is 1. The second-order valence-corrected chi connectivity index (χ2v) is 3.20. The minimum absolute atomic E-state index is 0.125. The summed E-state index contributed by atoms with van der Waals surface area (Å²) in [6, 6.07) is 1.69. The van der Waals surface area contributed by atoms with Gasteiger partial charge in [0.05, 0.1) is 15.8 Å². The molecule has 5 N–H and O–H groups in total. The van der Waals surface area contributed by atoms with Crippen molar-refractivity contribution < 1.29 is 9.18 Å². The minimum Gasteiger partial charge on any atom is -0.397 e. The molecule has 0 spiro atoms. The van der Waals surface area contributed by atoms with Crippen LogP contribution in [0.5, 0.6) is 0 Å². The number of nitrogens with one attached hydrogen (secondary N) is 1. The number of carbonyl (C=O) groups excluding carboxylic acids is 1. The van der Waals surface area contributed by atoms with Crippen LogP contribution in [0.25, 0.3) is 0 Å². The van der Waals surface area contributed by atoms with Gasteiger partial charge in [0.25, 0.3) is 0 Å². The number of rotatable bonds is 1. The topological polar surface area (TPSA) is 81.1 Å². The summed E-state index contributed by atoms with van der Waals surface area (Å²) >= 11 is 2.95. The maximum absolute atomic E-state index is 12.8. The van der Waals surface area contributed by atoms with Gasteiger partial charge in [-0.05, 0) is 22.0 Å². The van der Waals surface area contributed by atoms with E-state index in [0.29, 0.717) is 0 Å². The molecule has 0 bridgehead atoms. The lowest BCUT2D eigenvalue weighted by Crippen LogP contribution is -2.20. The zero-order valence-corrected chi connectivity index (χ0v) is 8.06. The van der Waals surface area contributed by atoms with Crippen LogP contribution in [0.2, 0.25) is 0 Å². The minimum atomic E-state index is -0.745. The third-order valence-electron chi connectivity index (χ3n) is 1.35. The van der Waals surface area contributed by atoms with Crippen LogP contribution in [0.3, 0.4) is 0 Å². The molecular formula is C7H7BrFN3O. The Kier molecular flexibility index (Phi) is 2.72. The van der Waals surface area contributed by atoms with E-state index >= 15 is 0 Å². The van der Waals surface area contributed by atoms with Crippen molar-refractivity contribution >= 4 is 33.3 Å². The summed E-state index contributed by atoms with van der Waals surface area (Å²) in [6.07, 6.45) is 0. The Morgan fingerprint density at radius 1 is 1.54 bits per heavy atom. The predicted octanol–water partition coefficient (Wildman–Crippen LogP) is 1.66. The van der Waals surface area contributed by atoms with Crippen LogP contribution < -0.4 is 16.8 Å². The number of hydrogen-bond acceptors (Lipinski definition) is 2. The first-order valence-corrected chi connectivity index (χ1v) is 4.11. The Morgan fingerprint density at radius 2 is 2.15 bits per heavy atom. The van der Waals surface area contributed by atoms with Crippen molar-refractivity contribution in [3.05, 3.63) is 22.4 Å². The zero-order chi connectivity index (χ0) is 10.0. The number of amides is 2. The second-order valence-electron chi connectivity index (χ2n) is 2.34. The maximum Gasteiger partial charge on any atom is 0.316 e.